The Morgan fingerprint density at radius 2 is 1.81 bits per heavy atom. The summed E-state index contributed by atoms with van der Waals surface area (Å²) in [5.74, 6) is 0.654. The minimum atomic E-state index is -4.73. The summed E-state index contributed by atoms with van der Waals surface area (Å²) < 4.78 is 50.6. The van der Waals surface area contributed by atoms with E-state index in [1.165, 1.54) is 18.3 Å². The second-order valence-electron chi connectivity index (χ2n) is 7.34. The number of non-ortho nitro benzene ring substituents is 1. The van der Waals surface area contributed by atoms with E-state index in [4.69, 9.17) is 9.47 Å². The second-order valence-corrected chi connectivity index (χ2v) is 8.19. The van der Waals surface area contributed by atoms with Gasteiger partial charge in [-0.3, -0.25) is 25.7 Å². The molecule has 0 aliphatic rings. The highest BCUT2D eigenvalue weighted by Gasteiger charge is 2.33. The zero-order valence-corrected chi connectivity index (χ0v) is 20.6. The molecule has 0 saturated heterocycles. The van der Waals surface area contributed by atoms with Crippen LogP contribution in [-0.2, 0) is 12.8 Å². The highest BCUT2D eigenvalue weighted by molar-refractivity contribution is 9.10. The van der Waals surface area contributed by atoms with E-state index in [9.17, 15) is 33.4 Å². The third-order valence-electron chi connectivity index (χ3n) is 4.76. The number of benzene rings is 3. The SMILES string of the molecule is CCOc1cc(/C=N\Nc2ccc(C(F)(F)F)cc2[N+](=O)[O-])cc(Br)c1OCc1cccc([N+](=O)[O-])c1. The summed E-state index contributed by atoms with van der Waals surface area (Å²) in [6.45, 7) is 2.06. The number of nitrogens with one attached hydrogen (secondary N) is 1. The van der Waals surface area contributed by atoms with Crippen molar-refractivity contribution in [3.05, 3.63) is 96.0 Å². The van der Waals surface area contributed by atoms with Gasteiger partial charge in [-0.2, -0.15) is 18.3 Å². The molecule has 194 valence electrons. The van der Waals surface area contributed by atoms with Crippen molar-refractivity contribution in [1.29, 1.82) is 0 Å². The van der Waals surface area contributed by atoms with E-state index in [1.54, 1.807) is 31.2 Å². The van der Waals surface area contributed by atoms with Gasteiger partial charge in [-0.05, 0) is 58.2 Å². The van der Waals surface area contributed by atoms with Crippen LogP contribution in [0.4, 0.5) is 30.2 Å². The van der Waals surface area contributed by atoms with E-state index in [1.807, 2.05) is 0 Å². The highest BCUT2D eigenvalue weighted by Crippen LogP contribution is 2.38. The lowest BCUT2D eigenvalue weighted by atomic mass is 10.1. The number of nitro benzene ring substituents is 2. The smallest absolute Gasteiger partial charge is 0.416 e. The van der Waals surface area contributed by atoms with Gasteiger partial charge < -0.3 is 9.47 Å². The lowest BCUT2D eigenvalue weighted by molar-refractivity contribution is -0.385. The molecule has 0 radical (unpaired) electrons. The van der Waals surface area contributed by atoms with Crippen LogP contribution >= 0.6 is 15.9 Å². The van der Waals surface area contributed by atoms with E-state index in [2.05, 4.69) is 26.5 Å². The first-order valence-corrected chi connectivity index (χ1v) is 11.3. The van der Waals surface area contributed by atoms with Crippen molar-refractivity contribution in [2.75, 3.05) is 12.0 Å². The van der Waals surface area contributed by atoms with Gasteiger partial charge in [0.2, 0.25) is 0 Å². The predicted octanol–water partition coefficient (Wildman–Crippen LogP) is 6.71. The summed E-state index contributed by atoms with van der Waals surface area (Å²) in [6, 6.07) is 11.2. The standard InChI is InChI=1S/C23H18BrF3N4O6/c1-2-36-21-10-15(9-18(24)22(21)37-13-14-4-3-5-17(8-14)30(32)33)12-28-29-19-7-6-16(23(25,26)27)11-20(19)31(34)35/h3-12,29H,2,13H2,1H3/b28-12-. The molecule has 0 bridgehead atoms. The van der Waals surface area contributed by atoms with E-state index < -0.39 is 27.3 Å². The van der Waals surface area contributed by atoms with Gasteiger partial charge in [0.05, 0.1) is 32.7 Å². The minimum Gasteiger partial charge on any atom is -0.490 e. The fourth-order valence-corrected chi connectivity index (χ4v) is 3.68. The van der Waals surface area contributed by atoms with Crippen molar-refractivity contribution in [1.82, 2.24) is 0 Å². The predicted molar refractivity (Wildman–Crippen MR) is 132 cm³/mol. The van der Waals surface area contributed by atoms with Gasteiger partial charge in [0.15, 0.2) is 11.5 Å². The molecule has 14 heteroatoms. The second kappa shape index (κ2) is 11.7. The number of alkyl halides is 3. The van der Waals surface area contributed by atoms with Gasteiger partial charge in [0, 0.05) is 18.2 Å². The van der Waals surface area contributed by atoms with Gasteiger partial charge in [-0.15, -0.1) is 0 Å². The van der Waals surface area contributed by atoms with Crippen molar-refractivity contribution in [2.45, 2.75) is 19.7 Å². The fraction of sp³-hybridized carbons (Fsp3) is 0.174. The summed E-state index contributed by atoms with van der Waals surface area (Å²) in [7, 11) is 0. The van der Waals surface area contributed by atoms with E-state index in [-0.39, 0.29) is 24.6 Å². The Labute approximate surface area is 216 Å². The maximum Gasteiger partial charge on any atom is 0.416 e. The van der Waals surface area contributed by atoms with Crippen molar-refractivity contribution in [3.8, 4) is 11.5 Å². The Kier molecular flexibility index (Phi) is 8.65. The maximum absolute atomic E-state index is 12.9. The van der Waals surface area contributed by atoms with Crippen LogP contribution in [-0.4, -0.2) is 22.7 Å². The van der Waals surface area contributed by atoms with Crippen molar-refractivity contribution in [3.63, 3.8) is 0 Å². The lowest BCUT2D eigenvalue weighted by Gasteiger charge is -2.14. The highest BCUT2D eigenvalue weighted by atomic mass is 79.9. The molecule has 3 aromatic carbocycles. The van der Waals surface area contributed by atoms with Crippen LogP contribution in [0.2, 0.25) is 0 Å². The van der Waals surface area contributed by atoms with E-state index in [0.29, 0.717) is 39.2 Å². The average Bonchev–Trinajstić information content (AvgIpc) is 2.83. The van der Waals surface area contributed by atoms with Gasteiger partial charge in [0.1, 0.15) is 12.3 Å². The maximum atomic E-state index is 12.9. The van der Waals surface area contributed by atoms with E-state index in [0.717, 1.165) is 6.07 Å². The average molecular weight is 583 g/mol. The van der Waals surface area contributed by atoms with Crippen LogP contribution in [0.25, 0.3) is 0 Å². The third-order valence-corrected chi connectivity index (χ3v) is 5.35. The van der Waals surface area contributed by atoms with Crippen LogP contribution < -0.4 is 14.9 Å². The number of anilines is 1. The van der Waals surface area contributed by atoms with Gasteiger partial charge in [-0.1, -0.05) is 12.1 Å². The molecular weight excluding hydrogens is 565 g/mol. The largest absolute Gasteiger partial charge is 0.490 e. The fourth-order valence-electron chi connectivity index (χ4n) is 3.11. The van der Waals surface area contributed by atoms with Crippen LogP contribution in [0.3, 0.4) is 0 Å². The number of hydrogen-bond donors (Lipinski definition) is 1. The molecule has 0 saturated carbocycles. The molecule has 0 spiro atoms. The summed E-state index contributed by atoms with van der Waals surface area (Å²) in [5.41, 5.74) is 1.19. The molecule has 0 fully saturated rings. The Hall–Kier alpha value is -4.20. The topological polar surface area (TPSA) is 129 Å². The molecule has 0 heterocycles. The minimum absolute atomic E-state index is 0.0208. The summed E-state index contributed by atoms with van der Waals surface area (Å²) in [5, 5.41) is 26.1. The van der Waals surface area contributed by atoms with Gasteiger partial charge in [-0.25, -0.2) is 0 Å². The van der Waals surface area contributed by atoms with Crippen LogP contribution in [0, 0.1) is 20.2 Å². The molecule has 3 rings (SSSR count). The molecule has 3 aromatic rings. The number of hydrogen-bond acceptors (Lipinski definition) is 8. The molecule has 10 nitrogen and oxygen atoms in total. The Bertz CT molecular complexity index is 1350. The molecule has 0 unspecified atom stereocenters. The first kappa shape index (κ1) is 27.4. The molecule has 0 aromatic heterocycles. The Balaban J connectivity index is 1.80. The first-order valence-electron chi connectivity index (χ1n) is 10.5. The summed E-state index contributed by atoms with van der Waals surface area (Å²) in [4.78, 5) is 20.8. The van der Waals surface area contributed by atoms with Crippen LogP contribution in [0.1, 0.15) is 23.6 Å². The normalized spacial score (nSPS) is 11.4. The van der Waals surface area contributed by atoms with E-state index >= 15 is 0 Å². The zero-order valence-electron chi connectivity index (χ0n) is 19.0. The molecule has 0 aliphatic heterocycles. The van der Waals surface area contributed by atoms with Crippen molar-refractivity contribution in [2.24, 2.45) is 5.10 Å². The van der Waals surface area contributed by atoms with Crippen molar-refractivity contribution >= 4 is 39.2 Å². The molecular formula is C23H18BrF3N4O6. The third kappa shape index (κ3) is 7.16. The Morgan fingerprint density at radius 3 is 2.46 bits per heavy atom. The first-order chi connectivity index (χ1) is 17.5. The molecule has 0 amide bonds. The zero-order chi connectivity index (χ0) is 27.2. The van der Waals surface area contributed by atoms with Crippen LogP contribution in [0.5, 0.6) is 11.5 Å². The monoisotopic (exact) mass is 582 g/mol. The molecule has 0 atom stereocenters. The quantitative estimate of drug-likeness (QED) is 0.160. The number of nitro groups is 2. The van der Waals surface area contributed by atoms with Gasteiger partial charge in [0.25, 0.3) is 11.4 Å². The molecule has 0 aliphatic carbocycles. The number of rotatable bonds is 10. The molecule has 37 heavy (non-hydrogen) atoms. The van der Waals surface area contributed by atoms with Gasteiger partial charge >= 0.3 is 6.18 Å². The lowest BCUT2D eigenvalue weighted by Crippen LogP contribution is -2.06. The van der Waals surface area contributed by atoms with Crippen LogP contribution in [0.15, 0.2) is 64.2 Å². The molecule has 1 N–H and O–H groups in total. The summed E-state index contributed by atoms with van der Waals surface area (Å²) in [6.07, 6.45) is -3.44. The summed E-state index contributed by atoms with van der Waals surface area (Å²) >= 11 is 3.38. The number of ether oxygens (including phenoxy) is 2. The Morgan fingerprint density at radius 1 is 1.05 bits per heavy atom. The van der Waals surface area contributed by atoms with Crippen molar-refractivity contribution < 1.29 is 32.5 Å². The number of halogens is 4. The number of nitrogens with zero attached hydrogens (tertiary/aromatic N) is 3. The number of hydrazone groups is 1.